The standard InChI is InChI=1S/C49H35NO/c1-49(2)44-19-8-5-16-40(44)41-28-27-36(31-45(41)49)50(35-25-22-33(23-26-35)38-18-11-13-32-12-3-4-14-37(32)38)46-20-9-6-15-39(46)34-24-29-48-43(30-34)42-17-7-10-21-47(42)51-48/h3-31H,1-2H3. The van der Waals surface area contributed by atoms with Crippen molar-refractivity contribution in [2.75, 3.05) is 4.90 Å². The highest BCUT2D eigenvalue weighted by molar-refractivity contribution is 6.07. The van der Waals surface area contributed by atoms with Crippen molar-refractivity contribution in [1.29, 1.82) is 0 Å². The van der Waals surface area contributed by atoms with E-state index in [0.717, 1.165) is 50.1 Å². The summed E-state index contributed by atoms with van der Waals surface area (Å²) in [6, 6.07) is 63.8. The Morgan fingerprint density at radius 3 is 1.92 bits per heavy atom. The first-order valence-corrected chi connectivity index (χ1v) is 17.7. The fourth-order valence-electron chi connectivity index (χ4n) is 8.33. The monoisotopic (exact) mass is 653 g/mol. The third-order valence-electron chi connectivity index (χ3n) is 10.9. The lowest BCUT2D eigenvalue weighted by molar-refractivity contribution is 0.660. The fourth-order valence-corrected chi connectivity index (χ4v) is 8.33. The van der Waals surface area contributed by atoms with Gasteiger partial charge in [0, 0.05) is 33.1 Å². The Hall–Kier alpha value is -6.38. The Kier molecular flexibility index (Phi) is 6.56. The second-order valence-electron chi connectivity index (χ2n) is 14.1. The second kappa shape index (κ2) is 11.3. The number of furan rings is 1. The van der Waals surface area contributed by atoms with E-state index in [1.807, 2.05) is 12.1 Å². The lowest BCUT2D eigenvalue weighted by Crippen LogP contribution is -2.16. The molecule has 2 heteroatoms. The Bertz CT molecular complexity index is 2780. The minimum Gasteiger partial charge on any atom is -0.456 e. The van der Waals surface area contributed by atoms with Gasteiger partial charge in [0.05, 0.1) is 5.69 Å². The molecule has 0 spiro atoms. The third-order valence-corrected chi connectivity index (χ3v) is 10.9. The maximum atomic E-state index is 6.21. The molecule has 1 aliphatic carbocycles. The molecule has 0 saturated heterocycles. The summed E-state index contributed by atoms with van der Waals surface area (Å²) in [5.74, 6) is 0. The van der Waals surface area contributed by atoms with Crippen molar-refractivity contribution in [2.45, 2.75) is 19.3 Å². The fraction of sp³-hybridized carbons (Fsp3) is 0.0612. The van der Waals surface area contributed by atoms with Crippen LogP contribution in [0.4, 0.5) is 17.1 Å². The predicted molar refractivity (Wildman–Crippen MR) is 214 cm³/mol. The number of hydrogen-bond acceptors (Lipinski definition) is 2. The average Bonchev–Trinajstić information content (AvgIpc) is 3.66. The highest BCUT2D eigenvalue weighted by Crippen LogP contribution is 2.51. The van der Waals surface area contributed by atoms with Gasteiger partial charge in [0.15, 0.2) is 0 Å². The SMILES string of the molecule is CC1(C)c2ccccc2-c2ccc(N(c3ccc(-c4cccc5ccccc45)cc3)c3ccccc3-c3ccc4oc5ccccc5c4c3)cc21. The van der Waals surface area contributed by atoms with E-state index in [4.69, 9.17) is 4.42 Å². The number of fused-ring (bicyclic) bond motifs is 7. The molecule has 51 heavy (non-hydrogen) atoms. The Balaban J connectivity index is 1.16. The Morgan fingerprint density at radius 2 is 1.04 bits per heavy atom. The first-order chi connectivity index (χ1) is 25.0. The molecule has 0 atom stereocenters. The van der Waals surface area contributed by atoms with Crippen molar-refractivity contribution in [3.63, 3.8) is 0 Å². The molecule has 9 aromatic rings. The molecular weight excluding hydrogens is 619 g/mol. The van der Waals surface area contributed by atoms with Gasteiger partial charge in [-0.1, -0.05) is 141 Å². The van der Waals surface area contributed by atoms with Crippen LogP contribution in [-0.2, 0) is 5.41 Å². The molecular formula is C49H35NO. The summed E-state index contributed by atoms with van der Waals surface area (Å²) in [6.07, 6.45) is 0. The highest BCUT2D eigenvalue weighted by Gasteiger charge is 2.35. The van der Waals surface area contributed by atoms with E-state index in [1.165, 1.54) is 44.2 Å². The Labute approximate surface area is 297 Å². The maximum absolute atomic E-state index is 6.21. The zero-order chi connectivity index (χ0) is 34.1. The van der Waals surface area contributed by atoms with E-state index in [2.05, 4.69) is 183 Å². The van der Waals surface area contributed by atoms with E-state index in [-0.39, 0.29) is 5.41 Å². The van der Waals surface area contributed by atoms with Crippen LogP contribution in [0.3, 0.4) is 0 Å². The summed E-state index contributed by atoms with van der Waals surface area (Å²) < 4.78 is 6.21. The van der Waals surface area contributed by atoms with Crippen LogP contribution < -0.4 is 4.90 Å². The van der Waals surface area contributed by atoms with Crippen LogP contribution in [0.1, 0.15) is 25.0 Å². The van der Waals surface area contributed by atoms with Crippen molar-refractivity contribution in [3.05, 3.63) is 187 Å². The van der Waals surface area contributed by atoms with Gasteiger partial charge in [-0.15, -0.1) is 0 Å². The van der Waals surface area contributed by atoms with Gasteiger partial charge in [0.2, 0.25) is 0 Å². The van der Waals surface area contributed by atoms with Gasteiger partial charge in [-0.25, -0.2) is 0 Å². The summed E-state index contributed by atoms with van der Waals surface area (Å²) in [5.41, 5.74) is 15.2. The molecule has 0 radical (unpaired) electrons. The van der Waals surface area contributed by atoms with Crippen LogP contribution in [-0.4, -0.2) is 0 Å². The van der Waals surface area contributed by atoms with Gasteiger partial charge in [0.1, 0.15) is 11.2 Å². The number of anilines is 3. The number of hydrogen-bond donors (Lipinski definition) is 0. The topological polar surface area (TPSA) is 16.4 Å². The molecule has 1 heterocycles. The largest absolute Gasteiger partial charge is 0.456 e. The van der Waals surface area contributed by atoms with Gasteiger partial charge in [0.25, 0.3) is 0 Å². The van der Waals surface area contributed by atoms with Crippen molar-refractivity contribution in [2.24, 2.45) is 0 Å². The van der Waals surface area contributed by atoms with Crippen molar-refractivity contribution < 1.29 is 4.42 Å². The highest BCUT2D eigenvalue weighted by atomic mass is 16.3. The van der Waals surface area contributed by atoms with Crippen LogP contribution in [0.25, 0.3) is 66.1 Å². The number of nitrogens with zero attached hydrogens (tertiary/aromatic N) is 1. The van der Waals surface area contributed by atoms with Gasteiger partial charge in [-0.2, -0.15) is 0 Å². The molecule has 242 valence electrons. The van der Waals surface area contributed by atoms with Crippen LogP contribution in [0.5, 0.6) is 0 Å². The number of benzene rings is 8. The molecule has 0 N–H and O–H groups in total. The zero-order valence-electron chi connectivity index (χ0n) is 28.6. The smallest absolute Gasteiger partial charge is 0.135 e. The summed E-state index contributed by atoms with van der Waals surface area (Å²) in [6.45, 7) is 4.70. The maximum Gasteiger partial charge on any atom is 0.135 e. The van der Waals surface area contributed by atoms with E-state index >= 15 is 0 Å². The van der Waals surface area contributed by atoms with Crippen LogP contribution in [0.2, 0.25) is 0 Å². The molecule has 8 aromatic carbocycles. The molecule has 1 aliphatic rings. The molecule has 2 nitrogen and oxygen atoms in total. The average molecular weight is 654 g/mol. The minimum absolute atomic E-state index is 0.112. The van der Waals surface area contributed by atoms with E-state index in [1.54, 1.807) is 0 Å². The second-order valence-corrected chi connectivity index (χ2v) is 14.1. The summed E-state index contributed by atoms with van der Waals surface area (Å²) in [5, 5.41) is 4.77. The lowest BCUT2D eigenvalue weighted by Gasteiger charge is -2.30. The summed E-state index contributed by atoms with van der Waals surface area (Å²) in [4.78, 5) is 2.43. The lowest BCUT2D eigenvalue weighted by atomic mass is 9.82. The molecule has 0 saturated carbocycles. The van der Waals surface area contributed by atoms with Crippen LogP contribution in [0, 0.1) is 0 Å². The predicted octanol–water partition coefficient (Wildman–Crippen LogP) is 13.8. The molecule has 0 aliphatic heterocycles. The molecule has 1 aromatic heterocycles. The molecule has 0 amide bonds. The van der Waals surface area contributed by atoms with Gasteiger partial charge in [-0.05, 0) is 98.2 Å². The van der Waals surface area contributed by atoms with E-state index in [9.17, 15) is 0 Å². The van der Waals surface area contributed by atoms with Crippen molar-refractivity contribution in [3.8, 4) is 33.4 Å². The van der Waals surface area contributed by atoms with Crippen LogP contribution in [0.15, 0.2) is 180 Å². The quantitative estimate of drug-likeness (QED) is 0.184. The summed E-state index contributed by atoms with van der Waals surface area (Å²) in [7, 11) is 0. The van der Waals surface area contributed by atoms with E-state index in [0.29, 0.717) is 0 Å². The number of rotatable bonds is 5. The van der Waals surface area contributed by atoms with Crippen molar-refractivity contribution in [1.82, 2.24) is 0 Å². The molecule has 0 unspecified atom stereocenters. The number of para-hydroxylation sites is 2. The molecule has 0 bridgehead atoms. The molecule has 10 rings (SSSR count). The summed E-state index contributed by atoms with van der Waals surface area (Å²) >= 11 is 0. The Morgan fingerprint density at radius 1 is 0.412 bits per heavy atom. The van der Waals surface area contributed by atoms with Crippen LogP contribution >= 0.6 is 0 Å². The van der Waals surface area contributed by atoms with E-state index < -0.39 is 0 Å². The first kappa shape index (κ1) is 29.5. The van der Waals surface area contributed by atoms with Gasteiger partial charge >= 0.3 is 0 Å². The molecule has 0 fully saturated rings. The van der Waals surface area contributed by atoms with Gasteiger partial charge in [-0.3, -0.25) is 0 Å². The third kappa shape index (κ3) is 4.64. The van der Waals surface area contributed by atoms with Crippen molar-refractivity contribution >= 4 is 49.8 Å². The van der Waals surface area contributed by atoms with Gasteiger partial charge < -0.3 is 9.32 Å². The normalized spacial score (nSPS) is 13.1. The zero-order valence-corrected chi connectivity index (χ0v) is 28.6. The first-order valence-electron chi connectivity index (χ1n) is 17.7. The minimum atomic E-state index is -0.112.